The van der Waals surface area contributed by atoms with Crippen LogP contribution in [0.4, 0.5) is 4.79 Å². The number of alkyl carbamates (subject to hydrolysis) is 1. The van der Waals surface area contributed by atoms with E-state index in [1.165, 1.54) is 0 Å². The molecule has 2 bridgehead atoms. The highest BCUT2D eigenvalue weighted by Crippen LogP contribution is 2.56. The van der Waals surface area contributed by atoms with Crippen LogP contribution in [-0.2, 0) is 25.5 Å². The molecule has 4 aliphatic heterocycles. The van der Waals surface area contributed by atoms with Crippen molar-refractivity contribution in [2.75, 3.05) is 6.61 Å². The molecule has 8 heteroatoms. The van der Waals surface area contributed by atoms with E-state index in [4.69, 9.17) is 14.2 Å². The molecule has 4 saturated heterocycles. The van der Waals surface area contributed by atoms with Crippen molar-refractivity contribution in [3.8, 4) is 0 Å². The van der Waals surface area contributed by atoms with Crippen LogP contribution in [0.5, 0.6) is 0 Å². The van der Waals surface area contributed by atoms with Gasteiger partial charge in [-0.25, -0.2) is 4.79 Å². The molecule has 1 aromatic rings. The Kier molecular flexibility index (Phi) is 4.14. The standard InChI is InChI=1S/C19H21IN2O5/c1-2-25-17(23)14-15-19(27-18(24)21-15)8-11-12(20)13(16(19)26-11)22(14)9-10-6-4-3-5-7-10/h3-7,11-16H,2,8-9H2,1H3,(H,21,24)/t11-,12+,13+,14+,15-,16-,19-/m0/s1. The number of nitrogens with zero attached hydrogens (tertiary/aromatic N) is 1. The quantitative estimate of drug-likeness (QED) is 0.398. The number of halogens is 1. The largest absolute Gasteiger partial charge is 0.465 e. The number of alkyl halides is 1. The fourth-order valence-electron chi connectivity index (χ4n) is 5.22. The summed E-state index contributed by atoms with van der Waals surface area (Å²) in [6.45, 7) is 2.68. The van der Waals surface area contributed by atoms with Gasteiger partial charge in [-0.2, -0.15) is 0 Å². The number of nitrogens with one attached hydrogen (secondary N) is 1. The van der Waals surface area contributed by atoms with Crippen LogP contribution < -0.4 is 5.32 Å². The number of benzene rings is 1. The van der Waals surface area contributed by atoms with Gasteiger partial charge >= 0.3 is 12.1 Å². The average Bonchev–Trinajstić information content (AvgIpc) is 3.27. The summed E-state index contributed by atoms with van der Waals surface area (Å²) in [6, 6.07) is 8.96. The van der Waals surface area contributed by atoms with E-state index in [1.807, 2.05) is 30.3 Å². The van der Waals surface area contributed by atoms with Crippen LogP contribution in [0.2, 0.25) is 0 Å². The number of amides is 1. The van der Waals surface area contributed by atoms with Crippen LogP contribution in [0.25, 0.3) is 0 Å². The molecule has 27 heavy (non-hydrogen) atoms. The zero-order valence-electron chi connectivity index (χ0n) is 14.8. The number of hydrogen-bond donors (Lipinski definition) is 1. The third-order valence-corrected chi connectivity index (χ3v) is 7.73. The lowest BCUT2D eigenvalue weighted by atomic mass is 9.70. The predicted molar refractivity (Wildman–Crippen MR) is 103 cm³/mol. The van der Waals surface area contributed by atoms with Gasteiger partial charge in [-0.1, -0.05) is 52.9 Å². The second-order valence-electron chi connectivity index (χ2n) is 7.56. The lowest BCUT2D eigenvalue weighted by Crippen LogP contribution is -2.75. The molecule has 7 nitrogen and oxygen atoms in total. The second kappa shape index (κ2) is 6.31. The molecule has 7 atom stereocenters. The Hall–Kier alpha value is -1.39. The maximum atomic E-state index is 13.0. The minimum absolute atomic E-state index is 0.0112. The molecule has 1 N–H and O–H groups in total. The molecule has 1 aromatic carbocycles. The molecule has 4 aliphatic rings. The number of likely N-dealkylation sites (tertiary alicyclic amines) is 1. The van der Waals surface area contributed by atoms with Crippen molar-refractivity contribution < 1.29 is 23.8 Å². The average molecular weight is 484 g/mol. The van der Waals surface area contributed by atoms with E-state index in [9.17, 15) is 9.59 Å². The summed E-state index contributed by atoms with van der Waals surface area (Å²) in [6.07, 6.45) is -0.0593. The van der Waals surface area contributed by atoms with Crippen LogP contribution >= 0.6 is 22.6 Å². The van der Waals surface area contributed by atoms with Gasteiger partial charge in [0.25, 0.3) is 0 Å². The first-order chi connectivity index (χ1) is 13.0. The monoisotopic (exact) mass is 484 g/mol. The first kappa shape index (κ1) is 17.7. The van der Waals surface area contributed by atoms with Crippen LogP contribution in [0.15, 0.2) is 30.3 Å². The van der Waals surface area contributed by atoms with Crippen LogP contribution in [0.3, 0.4) is 0 Å². The van der Waals surface area contributed by atoms with Gasteiger partial charge < -0.3 is 19.5 Å². The maximum absolute atomic E-state index is 13.0. The highest BCUT2D eigenvalue weighted by Gasteiger charge is 2.76. The van der Waals surface area contributed by atoms with Gasteiger partial charge in [0, 0.05) is 13.0 Å². The Morgan fingerprint density at radius 3 is 2.89 bits per heavy atom. The number of ether oxygens (including phenoxy) is 3. The third-order valence-electron chi connectivity index (χ3n) is 6.19. The number of fused-ring (bicyclic) bond motifs is 1. The highest BCUT2D eigenvalue weighted by atomic mass is 127. The molecule has 0 radical (unpaired) electrons. The zero-order chi connectivity index (χ0) is 18.8. The van der Waals surface area contributed by atoms with Crippen molar-refractivity contribution in [1.82, 2.24) is 10.2 Å². The van der Waals surface area contributed by atoms with E-state index in [-0.39, 0.29) is 28.1 Å². The normalized spacial score (nSPS) is 41.8. The number of carbonyl (C=O) groups excluding carboxylic acids is 2. The Labute approximate surface area is 170 Å². The number of hydrogen-bond acceptors (Lipinski definition) is 6. The summed E-state index contributed by atoms with van der Waals surface area (Å²) in [5.74, 6) is -0.319. The van der Waals surface area contributed by atoms with E-state index in [1.54, 1.807) is 6.92 Å². The molecule has 4 fully saturated rings. The van der Waals surface area contributed by atoms with E-state index in [0.717, 1.165) is 5.56 Å². The van der Waals surface area contributed by atoms with Crippen LogP contribution in [0.1, 0.15) is 18.9 Å². The third kappa shape index (κ3) is 2.45. The zero-order valence-corrected chi connectivity index (χ0v) is 17.0. The van der Waals surface area contributed by atoms with Gasteiger partial charge in [-0.3, -0.25) is 9.69 Å². The molecule has 0 unspecified atom stereocenters. The molecule has 1 spiro atoms. The lowest BCUT2D eigenvalue weighted by Gasteiger charge is -2.53. The van der Waals surface area contributed by atoms with Gasteiger partial charge in [-0.05, 0) is 12.5 Å². The molecule has 0 aliphatic carbocycles. The van der Waals surface area contributed by atoms with Gasteiger partial charge in [0.15, 0.2) is 5.60 Å². The number of carbonyl (C=O) groups is 2. The number of rotatable bonds is 4. The molecule has 1 amide bonds. The Morgan fingerprint density at radius 1 is 1.41 bits per heavy atom. The van der Waals surface area contributed by atoms with Gasteiger partial charge in [0.2, 0.25) is 0 Å². The predicted octanol–water partition coefficient (Wildman–Crippen LogP) is 1.62. The van der Waals surface area contributed by atoms with Crippen molar-refractivity contribution in [3.63, 3.8) is 0 Å². The Bertz CT molecular complexity index is 777. The summed E-state index contributed by atoms with van der Waals surface area (Å²) < 4.78 is 17.6. The fourth-order valence-corrected chi connectivity index (χ4v) is 6.44. The van der Waals surface area contributed by atoms with Crippen molar-refractivity contribution in [3.05, 3.63) is 35.9 Å². The minimum atomic E-state index is -0.779. The minimum Gasteiger partial charge on any atom is -0.465 e. The number of esters is 1. The fraction of sp³-hybridized carbons (Fsp3) is 0.579. The summed E-state index contributed by atoms with van der Waals surface area (Å²) in [4.78, 5) is 27.3. The van der Waals surface area contributed by atoms with Crippen molar-refractivity contribution >= 4 is 34.7 Å². The molecule has 0 saturated carbocycles. The summed E-state index contributed by atoms with van der Waals surface area (Å²) >= 11 is 2.42. The van der Waals surface area contributed by atoms with Crippen LogP contribution in [0, 0.1) is 0 Å². The van der Waals surface area contributed by atoms with E-state index in [2.05, 4.69) is 32.8 Å². The smallest absolute Gasteiger partial charge is 0.408 e. The van der Waals surface area contributed by atoms with Crippen molar-refractivity contribution in [2.24, 2.45) is 0 Å². The van der Waals surface area contributed by atoms with Gasteiger partial charge in [0.05, 0.1) is 22.7 Å². The SMILES string of the molecule is CCOC(=O)[C@H]1[C@@H]2NC(=O)O[C@@]23C[C@@H]2O[C@H]3[C@@H]([C@@H]2I)N1Cc1ccccc1. The van der Waals surface area contributed by atoms with E-state index < -0.39 is 23.8 Å². The Morgan fingerprint density at radius 2 is 2.19 bits per heavy atom. The molecule has 144 valence electrons. The molecule has 4 heterocycles. The molecular formula is C19H21IN2O5. The summed E-state index contributed by atoms with van der Waals surface area (Å²) in [5, 5.41) is 2.89. The summed E-state index contributed by atoms with van der Waals surface area (Å²) in [7, 11) is 0. The number of piperidine rings is 1. The van der Waals surface area contributed by atoms with E-state index in [0.29, 0.717) is 19.6 Å². The molecular weight excluding hydrogens is 463 g/mol. The summed E-state index contributed by atoms with van der Waals surface area (Å²) in [5.41, 5.74) is 0.328. The van der Waals surface area contributed by atoms with Crippen LogP contribution in [-0.4, -0.2) is 63.4 Å². The molecule has 0 aromatic heterocycles. The van der Waals surface area contributed by atoms with E-state index >= 15 is 0 Å². The van der Waals surface area contributed by atoms with Gasteiger partial charge in [-0.15, -0.1) is 0 Å². The maximum Gasteiger partial charge on any atom is 0.408 e. The first-order valence-corrected chi connectivity index (χ1v) is 10.5. The highest BCUT2D eigenvalue weighted by molar-refractivity contribution is 14.1. The lowest BCUT2D eigenvalue weighted by molar-refractivity contribution is -0.167. The van der Waals surface area contributed by atoms with Gasteiger partial charge in [0.1, 0.15) is 18.2 Å². The topological polar surface area (TPSA) is 77.1 Å². The Balaban J connectivity index is 1.58. The first-order valence-electron chi connectivity index (χ1n) is 9.30. The second-order valence-corrected chi connectivity index (χ2v) is 8.99. The molecule has 5 rings (SSSR count). The van der Waals surface area contributed by atoms with Crippen molar-refractivity contribution in [1.29, 1.82) is 0 Å². The van der Waals surface area contributed by atoms with Crippen molar-refractivity contribution in [2.45, 2.75) is 59.7 Å².